The molecule has 0 amide bonds. The van der Waals surface area contributed by atoms with Gasteiger partial charge in [0.15, 0.2) is 0 Å². The number of nitriles is 1. The number of carbonyl (C=O) groups excluding carboxylic acids is 1. The van der Waals surface area contributed by atoms with E-state index in [4.69, 9.17) is 5.26 Å². The van der Waals surface area contributed by atoms with Gasteiger partial charge in [-0.1, -0.05) is 5.57 Å². The minimum atomic E-state index is -0.481. The summed E-state index contributed by atoms with van der Waals surface area (Å²) in [6.07, 6.45) is 1.31. The van der Waals surface area contributed by atoms with Crippen molar-refractivity contribution in [2.45, 2.75) is 13.8 Å². The van der Waals surface area contributed by atoms with Crippen LogP contribution >= 0.6 is 0 Å². The van der Waals surface area contributed by atoms with Crippen molar-refractivity contribution < 1.29 is 4.79 Å². The van der Waals surface area contributed by atoms with Gasteiger partial charge in [0.05, 0.1) is 0 Å². The Balaban J connectivity index is 3.95. The van der Waals surface area contributed by atoms with E-state index in [-0.39, 0.29) is 0 Å². The zero-order valence-corrected chi connectivity index (χ0v) is 4.93. The molecule has 0 aliphatic heterocycles. The van der Waals surface area contributed by atoms with Crippen molar-refractivity contribution in [2.24, 2.45) is 0 Å². The summed E-state index contributed by atoms with van der Waals surface area (Å²) < 4.78 is 0. The monoisotopic (exact) mass is 109 g/mol. The van der Waals surface area contributed by atoms with E-state index in [9.17, 15) is 4.79 Å². The van der Waals surface area contributed by atoms with Gasteiger partial charge in [0, 0.05) is 0 Å². The Labute approximate surface area is 48.4 Å². The first-order valence-corrected chi connectivity index (χ1v) is 2.26. The fourth-order valence-electron chi connectivity index (χ4n) is 0.294. The van der Waals surface area contributed by atoms with Gasteiger partial charge in [0.1, 0.15) is 6.07 Å². The topological polar surface area (TPSA) is 40.9 Å². The van der Waals surface area contributed by atoms with Crippen LogP contribution in [0.1, 0.15) is 13.8 Å². The lowest BCUT2D eigenvalue weighted by Crippen LogP contribution is -1.84. The Hall–Kier alpha value is -1.10. The van der Waals surface area contributed by atoms with Crippen LogP contribution in [0.3, 0.4) is 0 Å². The molecule has 0 bridgehead atoms. The van der Waals surface area contributed by atoms with Gasteiger partial charge in [-0.15, -0.1) is 0 Å². The van der Waals surface area contributed by atoms with E-state index in [1.54, 1.807) is 13.8 Å². The van der Waals surface area contributed by atoms with E-state index in [1.165, 1.54) is 12.1 Å². The van der Waals surface area contributed by atoms with E-state index < -0.39 is 5.78 Å². The lowest BCUT2D eigenvalue weighted by atomic mass is 10.3. The first-order valence-electron chi connectivity index (χ1n) is 2.26. The first kappa shape index (κ1) is 6.90. The fourth-order valence-corrected chi connectivity index (χ4v) is 0.294. The molecule has 2 heteroatoms. The molecule has 0 aromatic heterocycles. The van der Waals surface area contributed by atoms with Crippen molar-refractivity contribution in [1.82, 2.24) is 0 Å². The van der Waals surface area contributed by atoms with Gasteiger partial charge < -0.3 is 0 Å². The molecule has 0 rings (SSSR count). The molecule has 0 heterocycles. The van der Waals surface area contributed by atoms with Gasteiger partial charge >= 0.3 is 0 Å². The van der Waals surface area contributed by atoms with Crippen LogP contribution in [0, 0.1) is 11.3 Å². The van der Waals surface area contributed by atoms with Gasteiger partial charge in [-0.05, 0) is 19.9 Å². The Kier molecular flexibility index (Phi) is 2.57. The molecule has 2 nitrogen and oxygen atoms in total. The maximum Gasteiger partial charge on any atom is 0.254 e. The SMILES string of the molecule is CC(C)=CC(=O)C#N. The molecule has 0 unspecified atom stereocenters. The largest absolute Gasteiger partial charge is 0.278 e. The number of hydrogen-bond donors (Lipinski definition) is 0. The number of ketones is 1. The average Bonchev–Trinajstić information content (AvgIpc) is 1.65. The highest BCUT2D eigenvalue weighted by Crippen LogP contribution is 1.86. The zero-order chi connectivity index (χ0) is 6.57. The van der Waals surface area contributed by atoms with Crippen LogP contribution in [0.2, 0.25) is 0 Å². The first-order chi connectivity index (χ1) is 3.66. The van der Waals surface area contributed by atoms with Gasteiger partial charge in [-0.3, -0.25) is 4.79 Å². The summed E-state index contributed by atoms with van der Waals surface area (Å²) in [6.45, 7) is 3.55. The van der Waals surface area contributed by atoms with Crippen molar-refractivity contribution in [3.8, 4) is 6.07 Å². The van der Waals surface area contributed by atoms with E-state index in [2.05, 4.69) is 0 Å². The Bertz CT molecular complexity index is 158. The quantitative estimate of drug-likeness (QED) is 0.373. The van der Waals surface area contributed by atoms with Gasteiger partial charge in [-0.2, -0.15) is 5.26 Å². The number of nitrogens with zero attached hydrogens (tertiary/aromatic N) is 1. The molecule has 0 aliphatic carbocycles. The second-order valence-electron chi connectivity index (χ2n) is 1.70. The number of carbonyl (C=O) groups is 1. The molecule has 0 atom stereocenters. The van der Waals surface area contributed by atoms with Crippen molar-refractivity contribution in [3.63, 3.8) is 0 Å². The molecule has 0 aromatic rings. The van der Waals surface area contributed by atoms with Crippen LogP contribution < -0.4 is 0 Å². The summed E-state index contributed by atoms with van der Waals surface area (Å²) in [5.74, 6) is -0.481. The summed E-state index contributed by atoms with van der Waals surface area (Å²) >= 11 is 0. The van der Waals surface area contributed by atoms with Crippen LogP contribution in [0.4, 0.5) is 0 Å². The van der Waals surface area contributed by atoms with Crippen molar-refractivity contribution in [2.75, 3.05) is 0 Å². The molecular formula is C6H7NO. The summed E-state index contributed by atoms with van der Waals surface area (Å²) in [6, 6.07) is 1.48. The van der Waals surface area contributed by atoms with Crippen molar-refractivity contribution in [1.29, 1.82) is 5.26 Å². The third kappa shape index (κ3) is 3.10. The van der Waals surface area contributed by atoms with E-state index in [0.29, 0.717) is 0 Å². The normalized spacial score (nSPS) is 7.12. The van der Waals surface area contributed by atoms with E-state index in [0.717, 1.165) is 5.57 Å². The van der Waals surface area contributed by atoms with Gasteiger partial charge in [0.2, 0.25) is 0 Å². The van der Waals surface area contributed by atoms with Crippen LogP contribution in [-0.2, 0) is 4.79 Å². The molecule has 8 heavy (non-hydrogen) atoms. The number of rotatable bonds is 1. The molecule has 0 aromatic carbocycles. The highest BCUT2D eigenvalue weighted by atomic mass is 16.1. The van der Waals surface area contributed by atoms with Crippen molar-refractivity contribution in [3.05, 3.63) is 11.6 Å². The minimum absolute atomic E-state index is 0.481. The smallest absolute Gasteiger partial charge is 0.254 e. The fraction of sp³-hybridized carbons (Fsp3) is 0.333. The highest BCUT2D eigenvalue weighted by molar-refractivity contribution is 6.02. The number of allylic oxidation sites excluding steroid dienone is 2. The van der Waals surface area contributed by atoms with Crippen LogP contribution in [0.25, 0.3) is 0 Å². The zero-order valence-electron chi connectivity index (χ0n) is 4.93. The molecule has 42 valence electrons. The maximum atomic E-state index is 10.2. The molecular weight excluding hydrogens is 102 g/mol. The maximum absolute atomic E-state index is 10.2. The lowest BCUT2D eigenvalue weighted by Gasteiger charge is -1.78. The van der Waals surface area contributed by atoms with Crippen LogP contribution in [-0.4, -0.2) is 5.78 Å². The molecule has 0 radical (unpaired) electrons. The molecule has 0 fully saturated rings. The highest BCUT2D eigenvalue weighted by Gasteiger charge is 1.88. The second kappa shape index (κ2) is 2.98. The Morgan fingerprint density at radius 3 is 2.25 bits per heavy atom. The predicted octanol–water partition coefficient (Wildman–Crippen LogP) is 1.05. The van der Waals surface area contributed by atoms with Gasteiger partial charge in [0.25, 0.3) is 5.78 Å². The molecule has 0 spiro atoms. The lowest BCUT2D eigenvalue weighted by molar-refractivity contribution is -0.109. The predicted molar refractivity (Wildman–Crippen MR) is 30.1 cm³/mol. The third-order valence-corrected chi connectivity index (χ3v) is 0.530. The van der Waals surface area contributed by atoms with Gasteiger partial charge in [-0.25, -0.2) is 0 Å². The minimum Gasteiger partial charge on any atom is -0.278 e. The molecule has 0 aliphatic rings. The summed E-state index contributed by atoms with van der Waals surface area (Å²) in [5, 5.41) is 7.94. The van der Waals surface area contributed by atoms with E-state index >= 15 is 0 Å². The summed E-state index contributed by atoms with van der Waals surface area (Å²) in [7, 11) is 0. The Morgan fingerprint density at radius 1 is 1.62 bits per heavy atom. The molecule has 0 saturated heterocycles. The second-order valence-corrected chi connectivity index (χ2v) is 1.70. The van der Waals surface area contributed by atoms with E-state index in [1.807, 2.05) is 0 Å². The third-order valence-electron chi connectivity index (χ3n) is 0.530. The number of hydrogen-bond acceptors (Lipinski definition) is 2. The van der Waals surface area contributed by atoms with Crippen molar-refractivity contribution >= 4 is 5.78 Å². The molecule has 0 N–H and O–H groups in total. The van der Waals surface area contributed by atoms with Crippen LogP contribution in [0.15, 0.2) is 11.6 Å². The van der Waals surface area contributed by atoms with Crippen LogP contribution in [0.5, 0.6) is 0 Å². The standard InChI is InChI=1S/C6H7NO/c1-5(2)3-6(8)4-7/h3H,1-2H3. The average molecular weight is 109 g/mol. The summed E-state index contributed by atoms with van der Waals surface area (Å²) in [4.78, 5) is 10.2. The molecule has 0 saturated carbocycles. The Morgan fingerprint density at radius 2 is 2.12 bits per heavy atom. The summed E-state index contributed by atoms with van der Waals surface area (Å²) in [5.41, 5.74) is 0.858.